The molecule has 24 heavy (non-hydrogen) atoms. The first kappa shape index (κ1) is 23.2. The van der Waals surface area contributed by atoms with E-state index in [1.165, 1.54) is 6.26 Å². The second-order valence-corrected chi connectivity index (χ2v) is 8.13. The van der Waals surface area contributed by atoms with Crippen molar-refractivity contribution >= 4 is 39.8 Å². The van der Waals surface area contributed by atoms with E-state index in [-0.39, 0.29) is 35.8 Å². The molecule has 0 spiro atoms. The summed E-state index contributed by atoms with van der Waals surface area (Å²) in [6.45, 7) is 6.58. The lowest BCUT2D eigenvalue weighted by molar-refractivity contribution is 0.392. The smallest absolute Gasteiger partial charge is 0.191 e. The van der Waals surface area contributed by atoms with Gasteiger partial charge in [-0.2, -0.15) is 0 Å². The van der Waals surface area contributed by atoms with Gasteiger partial charge in [0.15, 0.2) is 5.96 Å². The molecule has 7 nitrogen and oxygen atoms in total. The Kier molecular flexibility index (Phi) is 10.5. The van der Waals surface area contributed by atoms with E-state index in [1.807, 2.05) is 20.8 Å². The molecule has 0 bridgehead atoms. The lowest BCUT2D eigenvalue weighted by Gasteiger charge is -2.17. The van der Waals surface area contributed by atoms with Gasteiger partial charge >= 0.3 is 0 Å². The Labute approximate surface area is 162 Å². The summed E-state index contributed by atoms with van der Waals surface area (Å²) in [6, 6.07) is 0.0403. The SMILES string of the molecule is CN=C(NCCCc1c(C)noc1C)NC(C)CCS(C)(=O)=O.I. The normalized spacial score (nSPS) is 13.3. The Bertz CT molecular complexity index is 609. The van der Waals surface area contributed by atoms with Crippen LogP contribution in [0.3, 0.4) is 0 Å². The van der Waals surface area contributed by atoms with Gasteiger partial charge in [-0.05, 0) is 40.0 Å². The predicted octanol–water partition coefficient (Wildman–Crippen LogP) is 1.83. The van der Waals surface area contributed by atoms with Crippen LogP contribution in [-0.2, 0) is 16.3 Å². The molecule has 0 aromatic carbocycles. The number of hydrogen-bond acceptors (Lipinski definition) is 5. The van der Waals surface area contributed by atoms with E-state index < -0.39 is 9.84 Å². The van der Waals surface area contributed by atoms with E-state index in [0.717, 1.165) is 36.4 Å². The number of hydrogen-bond donors (Lipinski definition) is 2. The highest BCUT2D eigenvalue weighted by Gasteiger charge is 2.10. The van der Waals surface area contributed by atoms with E-state index in [0.29, 0.717) is 12.4 Å². The molecule has 0 aliphatic rings. The second-order valence-electron chi connectivity index (χ2n) is 5.87. The van der Waals surface area contributed by atoms with Gasteiger partial charge in [-0.3, -0.25) is 4.99 Å². The highest BCUT2D eigenvalue weighted by atomic mass is 127. The largest absolute Gasteiger partial charge is 0.361 e. The molecule has 0 saturated heterocycles. The molecule has 0 aliphatic heterocycles. The summed E-state index contributed by atoms with van der Waals surface area (Å²) in [5, 5.41) is 10.4. The maximum Gasteiger partial charge on any atom is 0.191 e. The standard InChI is InChI=1S/C15H28N4O3S.HI/c1-11(8-10-23(5,20)21)18-15(16-4)17-9-6-7-14-12(2)19-22-13(14)3;/h11H,6-10H2,1-5H3,(H2,16,17,18);1H. The first-order chi connectivity index (χ1) is 10.7. The average Bonchev–Trinajstić information content (AvgIpc) is 2.78. The van der Waals surface area contributed by atoms with Gasteiger partial charge in [-0.1, -0.05) is 5.16 Å². The minimum atomic E-state index is -2.93. The number of nitrogens with one attached hydrogen (secondary N) is 2. The molecule has 1 aromatic heterocycles. The van der Waals surface area contributed by atoms with Gasteiger partial charge in [0.2, 0.25) is 0 Å². The number of aromatic nitrogens is 1. The molecule has 1 rings (SSSR count). The van der Waals surface area contributed by atoms with Gasteiger partial charge in [0, 0.05) is 31.5 Å². The number of sulfone groups is 1. The van der Waals surface area contributed by atoms with Crippen LogP contribution in [0.5, 0.6) is 0 Å². The Balaban J connectivity index is 0.00000529. The van der Waals surface area contributed by atoms with Gasteiger partial charge in [0.1, 0.15) is 15.6 Å². The number of guanidine groups is 1. The van der Waals surface area contributed by atoms with Crippen LogP contribution >= 0.6 is 24.0 Å². The van der Waals surface area contributed by atoms with Gasteiger partial charge in [0.05, 0.1) is 11.4 Å². The monoisotopic (exact) mass is 472 g/mol. The van der Waals surface area contributed by atoms with Crippen LogP contribution in [0.1, 0.15) is 36.8 Å². The van der Waals surface area contributed by atoms with E-state index in [4.69, 9.17) is 4.52 Å². The predicted molar refractivity (Wildman–Crippen MR) is 108 cm³/mol. The summed E-state index contributed by atoms with van der Waals surface area (Å²) in [7, 11) is -1.23. The number of nitrogens with zero attached hydrogens (tertiary/aromatic N) is 2. The van der Waals surface area contributed by atoms with Crippen molar-refractivity contribution in [2.45, 2.75) is 46.1 Å². The van der Waals surface area contributed by atoms with Crippen LogP contribution in [0.25, 0.3) is 0 Å². The molecule has 1 unspecified atom stereocenters. The molecular formula is C15H29IN4O3S. The van der Waals surface area contributed by atoms with Crippen LogP contribution in [0.2, 0.25) is 0 Å². The molecule has 9 heteroatoms. The van der Waals surface area contributed by atoms with Crippen molar-refractivity contribution in [3.8, 4) is 0 Å². The second kappa shape index (κ2) is 10.9. The van der Waals surface area contributed by atoms with Crippen molar-refractivity contribution < 1.29 is 12.9 Å². The molecule has 0 radical (unpaired) electrons. The average molecular weight is 472 g/mol. The van der Waals surface area contributed by atoms with Crippen LogP contribution < -0.4 is 10.6 Å². The van der Waals surface area contributed by atoms with Gasteiger partial charge in [0.25, 0.3) is 0 Å². The first-order valence-electron chi connectivity index (χ1n) is 7.79. The molecule has 0 saturated carbocycles. The van der Waals surface area contributed by atoms with Gasteiger partial charge in [-0.25, -0.2) is 8.42 Å². The molecule has 0 aliphatic carbocycles. The lowest BCUT2D eigenvalue weighted by Crippen LogP contribution is -2.43. The zero-order chi connectivity index (χ0) is 17.5. The van der Waals surface area contributed by atoms with Crippen molar-refractivity contribution in [1.82, 2.24) is 15.8 Å². The van der Waals surface area contributed by atoms with Crippen molar-refractivity contribution in [2.24, 2.45) is 4.99 Å². The fourth-order valence-corrected chi connectivity index (χ4v) is 3.00. The number of halogens is 1. The Morgan fingerprint density at radius 3 is 2.54 bits per heavy atom. The van der Waals surface area contributed by atoms with Crippen LogP contribution in [0.4, 0.5) is 0 Å². The molecule has 140 valence electrons. The summed E-state index contributed by atoms with van der Waals surface area (Å²) >= 11 is 0. The zero-order valence-electron chi connectivity index (χ0n) is 15.0. The highest BCUT2D eigenvalue weighted by Crippen LogP contribution is 2.13. The number of rotatable bonds is 8. The molecule has 2 N–H and O–H groups in total. The molecular weight excluding hydrogens is 443 g/mol. The van der Waals surface area contributed by atoms with Crippen LogP contribution in [0.15, 0.2) is 9.52 Å². The maximum absolute atomic E-state index is 11.2. The van der Waals surface area contributed by atoms with Gasteiger partial charge in [-0.15, -0.1) is 24.0 Å². The fourth-order valence-electron chi connectivity index (χ4n) is 2.22. The van der Waals surface area contributed by atoms with Crippen molar-refractivity contribution in [3.63, 3.8) is 0 Å². The third-order valence-electron chi connectivity index (χ3n) is 3.61. The number of aliphatic imine (C=N–C) groups is 1. The van der Waals surface area contributed by atoms with Gasteiger partial charge < -0.3 is 15.2 Å². The van der Waals surface area contributed by atoms with E-state index >= 15 is 0 Å². The van der Waals surface area contributed by atoms with Crippen LogP contribution in [0, 0.1) is 13.8 Å². The summed E-state index contributed by atoms with van der Waals surface area (Å²) in [5.41, 5.74) is 2.11. The Morgan fingerprint density at radius 1 is 1.38 bits per heavy atom. The lowest BCUT2D eigenvalue weighted by atomic mass is 10.1. The summed E-state index contributed by atoms with van der Waals surface area (Å²) in [4.78, 5) is 4.16. The fraction of sp³-hybridized carbons (Fsp3) is 0.733. The number of aryl methyl sites for hydroxylation is 2. The van der Waals surface area contributed by atoms with Crippen molar-refractivity contribution in [1.29, 1.82) is 0 Å². The molecule has 0 amide bonds. The van der Waals surface area contributed by atoms with Crippen molar-refractivity contribution in [3.05, 3.63) is 17.0 Å². The molecule has 1 heterocycles. The Hall–Kier alpha value is -0.840. The summed E-state index contributed by atoms with van der Waals surface area (Å²) in [5.74, 6) is 1.73. The Morgan fingerprint density at radius 2 is 2.04 bits per heavy atom. The quantitative estimate of drug-likeness (QED) is 0.260. The van der Waals surface area contributed by atoms with E-state index in [2.05, 4.69) is 20.8 Å². The maximum atomic E-state index is 11.2. The minimum Gasteiger partial charge on any atom is -0.361 e. The van der Waals surface area contributed by atoms with E-state index in [9.17, 15) is 8.42 Å². The van der Waals surface area contributed by atoms with E-state index in [1.54, 1.807) is 7.05 Å². The van der Waals surface area contributed by atoms with Crippen molar-refractivity contribution in [2.75, 3.05) is 25.6 Å². The first-order valence-corrected chi connectivity index (χ1v) is 9.85. The van der Waals surface area contributed by atoms with Crippen LogP contribution in [-0.4, -0.2) is 51.2 Å². The molecule has 1 atom stereocenters. The topological polar surface area (TPSA) is 96.6 Å². The molecule has 1 aromatic rings. The zero-order valence-corrected chi connectivity index (χ0v) is 18.2. The highest BCUT2D eigenvalue weighted by molar-refractivity contribution is 14.0. The summed E-state index contributed by atoms with van der Waals surface area (Å²) < 4.78 is 27.5. The minimum absolute atomic E-state index is 0. The summed E-state index contributed by atoms with van der Waals surface area (Å²) in [6.07, 6.45) is 3.64. The third kappa shape index (κ3) is 8.86. The molecule has 0 fully saturated rings. The third-order valence-corrected chi connectivity index (χ3v) is 4.58.